The van der Waals surface area contributed by atoms with Crippen molar-refractivity contribution in [3.8, 4) is 11.3 Å². The van der Waals surface area contributed by atoms with Crippen molar-refractivity contribution in [2.75, 3.05) is 30.8 Å². The Morgan fingerprint density at radius 3 is 2.66 bits per heavy atom. The van der Waals surface area contributed by atoms with E-state index in [0.29, 0.717) is 37.1 Å². The predicted molar refractivity (Wildman–Crippen MR) is 125 cm³/mol. The molecule has 32 heavy (non-hydrogen) atoms. The highest BCUT2D eigenvalue weighted by molar-refractivity contribution is 7.13. The van der Waals surface area contributed by atoms with Crippen LogP contribution in [0.15, 0.2) is 60.0 Å². The molecule has 3 amide bonds. The smallest absolute Gasteiger partial charge is 0.318 e. The molecule has 166 valence electrons. The Morgan fingerprint density at radius 1 is 1.16 bits per heavy atom. The normalized spacial score (nSPS) is 15.9. The second-order valence-electron chi connectivity index (χ2n) is 7.47. The molecule has 1 aliphatic heterocycles. The quantitative estimate of drug-likeness (QED) is 0.533. The Labute approximate surface area is 190 Å². The molecule has 0 saturated carbocycles. The van der Waals surface area contributed by atoms with Gasteiger partial charge in [0, 0.05) is 36.1 Å². The highest BCUT2D eigenvalue weighted by Crippen LogP contribution is 2.24. The summed E-state index contributed by atoms with van der Waals surface area (Å²) in [6.45, 7) is 1.67. The Kier molecular flexibility index (Phi) is 6.98. The van der Waals surface area contributed by atoms with Crippen molar-refractivity contribution < 1.29 is 14.3 Å². The number of carbonyl (C=O) groups is 2. The average Bonchev–Trinajstić information content (AvgIpc) is 3.25. The third-order valence-corrected chi connectivity index (χ3v) is 5.86. The van der Waals surface area contributed by atoms with Crippen molar-refractivity contribution in [1.82, 2.24) is 15.2 Å². The van der Waals surface area contributed by atoms with Crippen molar-refractivity contribution >= 4 is 34.1 Å². The van der Waals surface area contributed by atoms with Crippen LogP contribution >= 0.6 is 11.3 Å². The fraction of sp³-hybridized carbons (Fsp3) is 0.261. The molecule has 1 aromatic heterocycles. The van der Waals surface area contributed by atoms with Gasteiger partial charge in [-0.25, -0.2) is 9.78 Å². The van der Waals surface area contributed by atoms with Crippen molar-refractivity contribution in [2.24, 2.45) is 0 Å². The van der Waals surface area contributed by atoms with Gasteiger partial charge < -0.3 is 26.0 Å². The minimum absolute atomic E-state index is 0.156. The number of thiazole rings is 1. The molecular weight excluding hydrogens is 426 g/mol. The van der Waals surface area contributed by atoms with Gasteiger partial charge in [-0.3, -0.25) is 4.79 Å². The number of anilines is 2. The molecule has 1 fully saturated rings. The highest BCUT2D eigenvalue weighted by atomic mass is 32.1. The van der Waals surface area contributed by atoms with E-state index in [1.54, 1.807) is 4.90 Å². The third-order valence-electron chi connectivity index (χ3n) is 5.18. The van der Waals surface area contributed by atoms with Crippen LogP contribution in [0.1, 0.15) is 12.0 Å². The maximum absolute atomic E-state index is 12.7. The van der Waals surface area contributed by atoms with Crippen LogP contribution in [0.2, 0.25) is 0 Å². The first-order chi connectivity index (χ1) is 15.6. The third kappa shape index (κ3) is 5.63. The number of hydrogen-bond donors (Lipinski definition) is 3. The summed E-state index contributed by atoms with van der Waals surface area (Å²) in [6, 6.07) is 16.6. The van der Waals surface area contributed by atoms with Crippen molar-refractivity contribution in [1.29, 1.82) is 0 Å². The molecule has 0 bridgehead atoms. The van der Waals surface area contributed by atoms with Crippen LogP contribution in [0, 0.1) is 0 Å². The number of carbonyl (C=O) groups excluding carboxylic acids is 2. The van der Waals surface area contributed by atoms with Gasteiger partial charge in [-0.1, -0.05) is 42.5 Å². The second-order valence-corrected chi connectivity index (χ2v) is 8.36. The summed E-state index contributed by atoms with van der Waals surface area (Å²) in [7, 11) is 0. The summed E-state index contributed by atoms with van der Waals surface area (Å²) in [4.78, 5) is 31.3. The van der Waals surface area contributed by atoms with E-state index < -0.39 is 0 Å². The summed E-state index contributed by atoms with van der Waals surface area (Å²) in [6.07, 6.45) is 0.156. The molecule has 0 aliphatic carbocycles. The summed E-state index contributed by atoms with van der Waals surface area (Å²) in [5, 5.41) is 8.24. The standard InChI is InChI=1S/C23H25N5O3S/c24-22-27-20(15-32-22)17-6-8-18(9-7-17)26-21(29)12-19-14-31-11-10-28(19)23(30)25-13-16-4-2-1-3-5-16/h1-9,15,19H,10-14H2,(H2,24,27)(H,25,30)(H,26,29). The molecule has 1 aliphatic rings. The van der Waals surface area contributed by atoms with Gasteiger partial charge in [-0.2, -0.15) is 0 Å². The van der Waals surface area contributed by atoms with E-state index in [1.807, 2.05) is 60.0 Å². The van der Waals surface area contributed by atoms with Gasteiger partial charge in [0.15, 0.2) is 5.13 Å². The number of aromatic nitrogens is 1. The van der Waals surface area contributed by atoms with E-state index in [-0.39, 0.29) is 24.4 Å². The molecule has 1 saturated heterocycles. The minimum atomic E-state index is -0.322. The largest absolute Gasteiger partial charge is 0.377 e. The Hall–Kier alpha value is -3.43. The van der Waals surface area contributed by atoms with Gasteiger partial charge >= 0.3 is 6.03 Å². The molecule has 9 heteroatoms. The lowest BCUT2D eigenvalue weighted by molar-refractivity contribution is -0.118. The van der Waals surface area contributed by atoms with Crippen molar-refractivity contribution in [3.63, 3.8) is 0 Å². The van der Waals surface area contributed by atoms with Crippen LogP contribution in [0.3, 0.4) is 0 Å². The van der Waals surface area contributed by atoms with Gasteiger partial charge in [0.25, 0.3) is 0 Å². The molecule has 1 unspecified atom stereocenters. The molecule has 1 atom stereocenters. The van der Waals surface area contributed by atoms with Gasteiger partial charge in [-0.05, 0) is 17.7 Å². The first-order valence-electron chi connectivity index (χ1n) is 10.4. The number of nitrogen functional groups attached to an aromatic ring is 1. The topological polar surface area (TPSA) is 110 Å². The lowest BCUT2D eigenvalue weighted by Gasteiger charge is -2.35. The molecule has 0 spiro atoms. The lowest BCUT2D eigenvalue weighted by atomic mass is 10.1. The zero-order chi connectivity index (χ0) is 22.3. The summed E-state index contributed by atoms with van der Waals surface area (Å²) in [5.41, 5.74) is 9.13. The van der Waals surface area contributed by atoms with E-state index in [1.165, 1.54) is 11.3 Å². The van der Waals surface area contributed by atoms with Crippen molar-refractivity contribution in [2.45, 2.75) is 19.0 Å². The van der Waals surface area contributed by atoms with Gasteiger partial charge in [0.2, 0.25) is 5.91 Å². The van der Waals surface area contributed by atoms with E-state index in [2.05, 4.69) is 15.6 Å². The zero-order valence-electron chi connectivity index (χ0n) is 17.5. The van der Waals surface area contributed by atoms with Crippen LogP contribution in [0.4, 0.5) is 15.6 Å². The maximum atomic E-state index is 12.7. The Bertz CT molecular complexity index is 1060. The van der Waals surface area contributed by atoms with E-state index in [9.17, 15) is 9.59 Å². The number of nitrogens with zero attached hydrogens (tertiary/aromatic N) is 2. The SMILES string of the molecule is Nc1nc(-c2ccc(NC(=O)CC3COCCN3C(=O)NCc3ccccc3)cc2)cs1. The summed E-state index contributed by atoms with van der Waals surface area (Å²) in [5.74, 6) is -0.174. The maximum Gasteiger partial charge on any atom is 0.318 e. The summed E-state index contributed by atoms with van der Waals surface area (Å²) < 4.78 is 5.53. The fourth-order valence-corrected chi connectivity index (χ4v) is 4.11. The Balaban J connectivity index is 1.32. The number of nitrogens with two attached hydrogens (primary N) is 1. The van der Waals surface area contributed by atoms with Crippen LogP contribution in [-0.4, -0.2) is 47.6 Å². The molecule has 3 aromatic rings. The number of rotatable bonds is 6. The molecule has 8 nitrogen and oxygen atoms in total. The molecule has 0 radical (unpaired) electrons. The van der Waals surface area contributed by atoms with E-state index in [4.69, 9.17) is 10.5 Å². The van der Waals surface area contributed by atoms with Gasteiger partial charge in [0.1, 0.15) is 0 Å². The number of urea groups is 1. The number of ether oxygens (including phenoxy) is 1. The van der Waals surface area contributed by atoms with Crippen LogP contribution < -0.4 is 16.4 Å². The Morgan fingerprint density at radius 2 is 1.94 bits per heavy atom. The number of benzene rings is 2. The van der Waals surface area contributed by atoms with Crippen LogP contribution in [-0.2, 0) is 16.1 Å². The zero-order valence-corrected chi connectivity index (χ0v) is 18.3. The number of hydrogen-bond acceptors (Lipinski definition) is 6. The first kappa shape index (κ1) is 21.8. The van der Waals surface area contributed by atoms with Crippen LogP contribution in [0.25, 0.3) is 11.3 Å². The number of morpholine rings is 1. The lowest BCUT2D eigenvalue weighted by Crippen LogP contribution is -2.53. The number of nitrogens with one attached hydrogen (secondary N) is 2. The van der Waals surface area contributed by atoms with E-state index >= 15 is 0 Å². The first-order valence-corrected chi connectivity index (χ1v) is 11.2. The number of amides is 3. The predicted octanol–water partition coefficient (Wildman–Crippen LogP) is 3.33. The minimum Gasteiger partial charge on any atom is -0.377 e. The molecular formula is C23H25N5O3S. The van der Waals surface area contributed by atoms with E-state index in [0.717, 1.165) is 16.8 Å². The van der Waals surface area contributed by atoms with Crippen LogP contribution in [0.5, 0.6) is 0 Å². The fourth-order valence-electron chi connectivity index (χ4n) is 3.54. The average molecular weight is 452 g/mol. The summed E-state index contributed by atoms with van der Waals surface area (Å²) >= 11 is 1.39. The molecule has 4 rings (SSSR count). The highest BCUT2D eigenvalue weighted by Gasteiger charge is 2.29. The molecule has 2 heterocycles. The molecule has 4 N–H and O–H groups in total. The van der Waals surface area contributed by atoms with Gasteiger partial charge in [0.05, 0.1) is 24.9 Å². The second kappa shape index (κ2) is 10.3. The van der Waals surface area contributed by atoms with Gasteiger partial charge in [-0.15, -0.1) is 11.3 Å². The molecule has 2 aromatic carbocycles. The monoisotopic (exact) mass is 451 g/mol. The van der Waals surface area contributed by atoms with Crippen molar-refractivity contribution in [3.05, 3.63) is 65.5 Å².